The maximum Gasteiger partial charge on any atom is 0.191 e. The van der Waals surface area contributed by atoms with E-state index in [1.807, 2.05) is 25.1 Å². The van der Waals surface area contributed by atoms with Crippen LogP contribution >= 0.6 is 24.0 Å². The second kappa shape index (κ2) is 12.6. The second-order valence-electron chi connectivity index (χ2n) is 5.72. The lowest BCUT2D eigenvalue weighted by atomic mass is 10.1. The first kappa shape index (κ1) is 22.4. The Hall–Kier alpha value is -1.67. The van der Waals surface area contributed by atoms with Gasteiger partial charge in [-0.25, -0.2) is 9.38 Å². The molecular formula is C20H27FIN3O. The van der Waals surface area contributed by atoms with Crippen LogP contribution < -0.4 is 10.6 Å². The van der Waals surface area contributed by atoms with Crippen LogP contribution in [-0.4, -0.2) is 26.2 Å². The number of hydrogen-bond acceptors (Lipinski definition) is 2. The van der Waals surface area contributed by atoms with Crippen LogP contribution in [0.25, 0.3) is 0 Å². The minimum Gasteiger partial charge on any atom is -0.380 e. The van der Waals surface area contributed by atoms with Crippen LogP contribution in [0.3, 0.4) is 0 Å². The van der Waals surface area contributed by atoms with Crippen LogP contribution in [0.1, 0.15) is 23.6 Å². The van der Waals surface area contributed by atoms with Crippen LogP contribution in [0.4, 0.5) is 4.39 Å². The van der Waals surface area contributed by atoms with Gasteiger partial charge in [-0.1, -0.05) is 36.4 Å². The zero-order chi connectivity index (χ0) is 17.9. The number of hydrogen-bond donors (Lipinski definition) is 2. The van der Waals surface area contributed by atoms with Crippen LogP contribution in [0.2, 0.25) is 0 Å². The minimum atomic E-state index is -0.248. The molecule has 0 spiro atoms. The summed E-state index contributed by atoms with van der Waals surface area (Å²) in [6.07, 6.45) is 0.930. The van der Waals surface area contributed by atoms with Crippen LogP contribution in [-0.2, 0) is 24.3 Å². The van der Waals surface area contributed by atoms with Gasteiger partial charge >= 0.3 is 0 Å². The summed E-state index contributed by atoms with van der Waals surface area (Å²) in [4.78, 5) is 4.58. The Morgan fingerprint density at radius 3 is 2.54 bits per heavy atom. The molecule has 0 heterocycles. The maximum atomic E-state index is 13.7. The number of aliphatic imine (C=N–C) groups is 1. The van der Waals surface area contributed by atoms with E-state index < -0.39 is 0 Å². The summed E-state index contributed by atoms with van der Waals surface area (Å²) in [5, 5.41) is 6.56. The van der Waals surface area contributed by atoms with E-state index in [9.17, 15) is 4.39 Å². The second-order valence-corrected chi connectivity index (χ2v) is 5.72. The number of nitrogens with one attached hydrogen (secondary N) is 2. The Kier molecular flexibility index (Phi) is 10.9. The SMILES string of the molecule is CCNC(=NCc1ccc(F)c(COC)c1)NCCc1ccccc1.I. The van der Waals surface area contributed by atoms with E-state index in [-0.39, 0.29) is 36.4 Å². The van der Waals surface area contributed by atoms with E-state index in [0.29, 0.717) is 12.1 Å². The maximum absolute atomic E-state index is 13.7. The molecule has 26 heavy (non-hydrogen) atoms. The van der Waals surface area contributed by atoms with E-state index in [1.54, 1.807) is 19.2 Å². The first-order valence-electron chi connectivity index (χ1n) is 8.55. The topological polar surface area (TPSA) is 45.7 Å². The highest BCUT2D eigenvalue weighted by Gasteiger charge is 2.04. The van der Waals surface area contributed by atoms with Crippen LogP contribution in [0.5, 0.6) is 0 Å². The summed E-state index contributed by atoms with van der Waals surface area (Å²) in [6.45, 7) is 4.36. The Balaban J connectivity index is 0.00000338. The summed E-state index contributed by atoms with van der Waals surface area (Å²) in [5.41, 5.74) is 2.79. The molecule has 142 valence electrons. The molecule has 0 aliphatic rings. The van der Waals surface area contributed by atoms with Gasteiger partial charge in [0.2, 0.25) is 0 Å². The molecule has 0 aromatic heterocycles. The van der Waals surface area contributed by atoms with E-state index in [0.717, 1.165) is 31.0 Å². The van der Waals surface area contributed by atoms with Crippen molar-refractivity contribution in [2.75, 3.05) is 20.2 Å². The highest BCUT2D eigenvalue weighted by atomic mass is 127. The van der Waals surface area contributed by atoms with Gasteiger partial charge in [0.1, 0.15) is 5.82 Å². The molecule has 0 fully saturated rings. The Labute approximate surface area is 172 Å². The Morgan fingerprint density at radius 1 is 1.08 bits per heavy atom. The molecule has 0 unspecified atom stereocenters. The van der Waals surface area contributed by atoms with Crippen molar-refractivity contribution in [1.82, 2.24) is 10.6 Å². The predicted molar refractivity (Wildman–Crippen MR) is 115 cm³/mol. The van der Waals surface area contributed by atoms with Crippen molar-refractivity contribution in [1.29, 1.82) is 0 Å². The third-order valence-electron chi connectivity index (χ3n) is 3.72. The molecule has 2 aromatic rings. The lowest BCUT2D eigenvalue weighted by molar-refractivity contribution is 0.181. The number of rotatable bonds is 8. The molecule has 4 nitrogen and oxygen atoms in total. The van der Waals surface area contributed by atoms with E-state index in [1.165, 1.54) is 11.6 Å². The summed E-state index contributed by atoms with van der Waals surface area (Å²) >= 11 is 0. The quantitative estimate of drug-likeness (QED) is 0.349. The molecule has 0 saturated carbocycles. The molecule has 6 heteroatoms. The van der Waals surface area contributed by atoms with Crippen molar-refractivity contribution in [3.63, 3.8) is 0 Å². The Morgan fingerprint density at radius 2 is 1.85 bits per heavy atom. The van der Waals surface area contributed by atoms with Gasteiger partial charge in [0.05, 0.1) is 13.2 Å². The monoisotopic (exact) mass is 471 g/mol. The van der Waals surface area contributed by atoms with Crippen molar-refractivity contribution in [3.05, 3.63) is 71.0 Å². The van der Waals surface area contributed by atoms with Crippen molar-refractivity contribution < 1.29 is 9.13 Å². The van der Waals surface area contributed by atoms with Gasteiger partial charge < -0.3 is 15.4 Å². The van der Waals surface area contributed by atoms with Crippen molar-refractivity contribution in [2.45, 2.75) is 26.5 Å². The molecule has 0 bridgehead atoms. The van der Waals surface area contributed by atoms with Crippen molar-refractivity contribution in [3.8, 4) is 0 Å². The molecule has 0 radical (unpaired) electrons. The summed E-state index contributed by atoms with van der Waals surface area (Å²) in [5.74, 6) is 0.513. The van der Waals surface area contributed by atoms with E-state index in [4.69, 9.17) is 4.74 Å². The Bertz CT molecular complexity index is 680. The zero-order valence-electron chi connectivity index (χ0n) is 15.3. The first-order chi connectivity index (χ1) is 12.2. The number of methoxy groups -OCH3 is 1. The zero-order valence-corrected chi connectivity index (χ0v) is 17.6. The van der Waals surface area contributed by atoms with Gasteiger partial charge in [0.15, 0.2) is 5.96 Å². The van der Waals surface area contributed by atoms with Crippen LogP contribution in [0, 0.1) is 5.82 Å². The van der Waals surface area contributed by atoms with Gasteiger partial charge in [0, 0.05) is 25.8 Å². The van der Waals surface area contributed by atoms with E-state index >= 15 is 0 Å². The number of ether oxygens (including phenoxy) is 1. The summed E-state index contributed by atoms with van der Waals surface area (Å²) in [7, 11) is 1.56. The fraction of sp³-hybridized carbons (Fsp3) is 0.350. The average molecular weight is 471 g/mol. The molecule has 0 aliphatic heterocycles. The minimum absolute atomic E-state index is 0. The molecular weight excluding hydrogens is 444 g/mol. The average Bonchev–Trinajstić information content (AvgIpc) is 2.63. The van der Waals surface area contributed by atoms with Gasteiger partial charge in [-0.2, -0.15) is 0 Å². The van der Waals surface area contributed by atoms with E-state index in [2.05, 4.69) is 27.8 Å². The summed E-state index contributed by atoms with van der Waals surface area (Å²) in [6, 6.07) is 15.4. The number of guanidine groups is 1. The molecule has 2 aromatic carbocycles. The van der Waals surface area contributed by atoms with Gasteiger partial charge in [-0.05, 0) is 36.6 Å². The molecule has 0 amide bonds. The largest absolute Gasteiger partial charge is 0.380 e. The molecule has 2 N–H and O–H groups in total. The predicted octanol–water partition coefficient (Wildman–Crippen LogP) is 3.89. The standard InChI is InChI=1S/C20H26FN3O.HI/c1-3-22-20(23-12-11-16-7-5-4-6-8-16)24-14-17-9-10-19(21)18(13-17)15-25-2;/h4-10,13H,3,11-12,14-15H2,1-2H3,(H2,22,23,24);1H. The van der Waals surface area contributed by atoms with Crippen LogP contribution in [0.15, 0.2) is 53.5 Å². The smallest absolute Gasteiger partial charge is 0.191 e. The fourth-order valence-electron chi connectivity index (χ4n) is 2.47. The lowest BCUT2D eigenvalue weighted by Gasteiger charge is -2.11. The highest BCUT2D eigenvalue weighted by Crippen LogP contribution is 2.12. The van der Waals surface area contributed by atoms with Crippen molar-refractivity contribution >= 4 is 29.9 Å². The third-order valence-corrected chi connectivity index (χ3v) is 3.72. The fourth-order valence-corrected chi connectivity index (χ4v) is 2.47. The number of halogens is 2. The number of benzene rings is 2. The molecule has 0 saturated heterocycles. The van der Waals surface area contributed by atoms with Gasteiger partial charge in [-0.15, -0.1) is 24.0 Å². The van der Waals surface area contributed by atoms with Gasteiger partial charge in [-0.3, -0.25) is 0 Å². The highest BCUT2D eigenvalue weighted by molar-refractivity contribution is 14.0. The molecule has 0 aliphatic carbocycles. The molecule has 2 rings (SSSR count). The molecule has 0 atom stereocenters. The first-order valence-corrected chi connectivity index (χ1v) is 8.55. The lowest BCUT2D eigenvalue weighted by Crippen LogP contribution is -2.38. The summed E-state index contributed by atoms with van der Waals surface area (Å²) < 4.78 is 18.7. The van der Waals surface area contributed by atoms with Gasteiger partial charge in [0.25, 0.3) is 0 Å². The third kappa shape index (κ3) is 7.70. The normalized spacial score (nSPS) is 11.0. The number of nitrogens with zero attached hydrogens (tertiary/aromatic N) is 1. The van der Waals surface area contributed by atoms with Crippen molar-refractivity contribution in [2.24, 2.45) is 4.99 Å².